The van der Waals surface area contributed by atoms with E-state index in [0.29, 0.717) is 5.92 Å². The van der Waals surface area contributed by atoms with Crippen LogP contribution in [0.15, 0.2) is 35.5 Å². The average Bonchev–Trinajstić information content (AvgIpc) is 3.01. The van der Waals surface area contributed by atoms with Crippen molar-refractivity contribution < 1.29 is 4.39 Å². The van der Waals surface area contributed by atoms with E-state index in [4.69, 9.17) is 0 Å². The van der Waals surface area contributed by atoms with E-state index in [9.17, 15) is 4.39 Å². The molecule has 8 heteroatoms. The van der Waals surface area contributed by atoms with Gasteiger partial charge in [-0.25, -0.2) is 4.39 Å². The molecule has 29 heavy (non-hydrogen) atoms. The summed E-state index contributed by atoms with van der Waals surface area (Å²) in [6.07, 6.45) is 2.08. The largest absolute Gasteiger partial charge is 0.355 e. The van der Waals surface area contributed by atoms with E-state index >= 15 is 0 Å². The van der Waals surface area contributed by atoms with Crippen LogP contribution in [-0.2, 0) is 20.1 Å². The molecule has 0 radical (unpaired) electrons. The van der Waals surface area contributed by atoms with Gasteiger partial charge in [-0.2, -0.15) is 5.10 Å². The summed E-state index contributed by atoms with van der Waals surface area (Å²) >= 11 is 0. The second-order valence-corrected chi connectivity index (χ2v) is 7.56. The van der Waals surface area contributed by atoms with Crippen molar-refractivity contribution in [1.82, 2.24) is 24.9 Å². The summed E-state index contributed by atoms with van der Waals surface area (Å²) in [5.41, 5.74) is 3.45. The number of nitrogens with zero attached hydrogens (tertiary/aromatic N) is 5. The summed E-state index contributed by atoms with van der Waals surface area (Å²) in [7, 11) is 7.85. The zero-order valence-corrected chi connectivity index (χ0v) is 20.6. The van der Waals surface area contributed by atoms with E-state index in [0.717, 1.165) is 43.4 Å². The highest BCUT2D eigenvalue weighted by Gasteiger charge is 2.15. The summed E-state index contributed by atoms with van der Waals surface area (Å²) < 4.78 is 14.9. The van der Waals surface area contributed by atoms with Crippen LogP contribution in [0.5, 0.6) is 0 Å². The molecule has 0 fully saturated rings. The quantitative estimate of drug-likeness (QED) is 0.332. The Labute approximate surface area is 191 Å². The highest BCUT2D eigenvalue weighted by molar-refractivity contribution is 14.0. The molecule has 1 N–H and O–H groups in total. The summed E-state index contributed by atoms with van der Waals surface area (Å²) in [5, 5.41) is 8.00. The molecule has 0 spiro atoms. The van der Waals surface area contributed by atoms with Gasteiger partial charge in [-0.05, 0) is 30.7 Å². The van der Waals surface area contributed by atoms with Crippen LogP contribution in [0, 0.1) is 5.82 Å². The number of benzene rings is 1. The van der Waals surface area contributed by atoms with Crippen LogP contribution >= 0.6 is 24.0 Å². The summed E-state index contributed by atoms with van der Waals surface area (Å²) in [6, 6.07) is 6.66. The number of rotatable bonds is 8. The summed E-state index contributed by atoms with van der Waals surface area (Å²) in [5.74, 6) is 1.04. The molecule has 1 heterocycles. The molecule has 0 aliphatic rings. The number of guanidine groups is 1. The van der Waals surface area contributed by atoms with Crippen molar-refractivity contribution in [2.24, 2.45) is 12.0 Å². The van der Waals surface area contributed by atoms with Crippen molar-refractivity contribution in [3.8, 4) is 0 Å². The van der Waals surface area contributed by atoms with Crippen LogP contribution in [0.2, 0.25) is 0 Å². The van der Waals surface area contributed by atoms with Gasteiger partial charge in [0.25, 0.3) is 0 Å². The molecule has 0 aliphatic heterocycles. The van der Waals surface area contributed by atoms with Crippen molar-refractivity contribution in [1.29, 1.82) is 0 Å². The molecule has 0 bridgehead atoms. The highest BCUT2D eigenvalue weighted by Crippen LogP contribution is 2.18. The molecule has 0 saturated carbocycles. The minimum absolute atomic E-state index is 0. The predicted molar refractivity (Wildman–Crippen MR) is 128 cm³/mol. The zero-order chi connectivity index (χ0) is 20.7. The van der Waals surface area contributed by atoms with E-state index < -0.39 is 0 Å². The molecule has 2 aromatic rings. The third kappa shape index (κ3) is 7.93. The Kier molecular flexibility index (Phi) is 10.6. The summed E-state index contributed by atoms with van der Waals surface area (Å²) in [4.78, 5) is 8.71. The highest BCUT2D eigenvalue weighted by atomic mass is 127. The third-order valence-electron chi connectivity index (χ3n) is 4.61. The molecule has 0 amide bonds. The van der Waals surface area contributed by atoms with Crippen LogP contribution in [0.25, 0.3) is 0 Å². The van der Waals surface area contributed by atoms with E-state index in [1.807, 2.05) is 30.9 Å². The van der Waals surface area contributed by atoms with Gasteiger partial charge in [0.15, 0.2) is 5.96 Å². The van der Waals surface area contributed by atoms with Gasteiger partial charge >= 0.3 is 0 Å². The fourth-order valence-corrected chi connectivity index (χ4v) is 3.22. The van der Waals surface area contributed by atoms with Gasteiger partial charge in [0.2, 0.25) is 0 Å². The van der Waals surface area contributed by atoms with Gasteiger partial charge in [-0.1, -0.05) is 26.0 Å². The Balaban J connectivity index is 0.00000420. The number of hydrogen-bond donors (Lipinski definition) is 1. The maximum Gasteiger partial charge on any atom is 0.193 e. The van der Waals surface area contributed by atoms with Crippen LogP contribution in [0.3, 0.4) is 0 Å². The van der Waals surface area contributed by atoms with Crippen LogP contribution < -0.4 is 5.32 Å². The molecule has 6 nitrogen and oxygen atoms in total. The second-order valence-electron chi connectivity index (χ2n) is 7.56. The Morgan fingerprint density at radius 2 is 1.86 bits per heavy atom. The van der Waals surface area contributed by atoms with Gasteiger partial charge in [0, 0.05) is 59.1 Å². The maximum atomic E-state index is 13.0. The Morgan fingerprint density at radius 3 is 2.45 bits per heavy atom. The fourth-order valence-electron chi connectivity index (χ4n) is 3.22. The van der Waals surface area contributed by atoms with E-state index in [-0.39, 0.29) is 29.8 Å². The van der Waals surface area contributed by atoms with Crippen LogP contribution in [0.1, 0.15) is 36.6 Å². The van der Waals surface area contributed by atoms with Gasteiger partial charge in [-0.15, -0.1) is 24.0 Å². The first kappa shape index (κ1) is 25.4. The maximum absolute atomic E-state index is 13.0. The average molecular weight is 516 g/mol. The molecule has 0 aliphatic carbocycles. The van der Waals surface area contributed by atoms with Crippen molar-refractivity contribution in [3.05, 3.63) is 53.1 Å². The molecule has 0 unspecified atom stereocenters. The molecule has 1 aromatic carbocycles. The second kappa shape index (κ2) is 12.1. The van der Waals surface area contributed by atoms with Crippen molar-refractivity contribution in [3.63, 3.8) is 0 Å². The number of nitrogens with one attached hydrogen (secondary N) is 1. The number of aryl methyl sites for hydroxylation is 1. The van der Waals surface area contributed by atoms with Gasteiger partial charge in [-0.3, -0.25) is 9.67 Å². The monoisotopic (exact) mass is 516 g/mol. The molecule has 162 valence electrons. The van der Waals surface area contributed by atoms with Crippen molar-refractivity contribution in [2.45, 2.75) is 32.9 Å². The van der Waals surface area contributed by atoms with Crippen LogP contribution in [-0.4, -0.2) is 59.8 Å². The number of aromatic nitrogens is 2. The Morgan fingerprint density at radius 1 is 1.21 bits per heavy atom. The lowest BCUT2D eigenvalue weighted by molar-refractivity contribution is 0.328. The van der Waals surface area contributed by atoms with E-state index in [1.165, 1.54) is 17.7 Å². The van der Waals surface area contributed by atoms with Gasteiger partial charge in [0.05, 0.1) is 5.69 Å². The first-order chi connectivity index (χ1) is 13.3. The standard InChI is InChI=1S/C21H33FN6.HI/c1-16(2)20-18(15-28(6)25-20)14-27(5)21(23-3)24-11-12-26(4)13-17-7-9-19(22)10-8-17;/h7-10,15-16H,11-14H2,1-6H3,(H,23,24);1H. The predicted octanol–water partition coefficient (Wildman–Crippen LogP) is 3.44. The third-order valence-corrected chi connectivity index (χ3v) is 4.61. The topological polar surface area (TPSA) is 48.7 Å². The number of aliphatic imine (C=N–C) groups is 1. The van der Waals surface area contributed by atoms with Gasteiger partial charge < -0.3 is 15.1 Å². The molecule has 1 aromatic heterocycles. The molecule has 2 rings (SSSR count). The lowest BCUT2D eigenvalue weighted by atomic mass is 10.1. The van der Waals surface area contributed by atoms with Crippen molar-refractivity contribution >= 4 is 29.9 Å². The Bertz CT molecular complexity index is 772. The SMILES string of the molecule is CN=C(NCCN(C)Cc1ccc(F)cc1)N(C)Cc1cn(C)nc1C(C)C.I. The lowest BCUT2D eigenvalue weighted by Gasteiger charge is -2.24. The van der Waals surface area contributed by atoms with E-state index in [2.05, 4.69) is 52.3 Å². The number of hydrogen-bond acceptors (Lipinski definition) is 3. The lowest BCUT2D eigenvalue weighted by Crippen LogP contribution is -2.41. The van der Waals surface area contributed by atoms with Gasteiger partial charge in [0.1, 0.15) is 5.82 Å². The number of likely N-dealkylation sites (N-methyl/N-ethyl adjacent to an activating group) is 1. The van der Waals surface area contributed by atoms with Crippen LogP contribution in [0.4, 0.5) is 4.39 Å². The number of halogens is 2. The first-order valence-corrected chi connectivity index (χ1v) is 9.67. The Hall–Kier alpha value is -1.68. The molecular weight excluding hydrogens is 482 g/mol. The van der Waals surface area contributed by atoms with Crippen molar-refractivity contribution in [2.75, 3.05) is 34.2 Å². The minimum atomic E-state index is -0.200. The fraction of sp³-hybridized carbons (Fsp3) is 0.524. The molecule has 0 atom stereocenters. The normalized spacial score (nSPS) is 11.7. The van der Waals surface area contributed by atoms with E-state index in [1.54, 1.807) is 7.05 Å². The molecular formula is C21H34FIN6. The minimum Gasteiger partial charge on any atom is -0.355 e. The summed E-state index contributed by atoms with van der Waals surface area (Å²) in [6.45, 7) is 7.50. The first-order valence-electron chi connectivity index (χ1n) is 9.67. The smallest absolute Gasteiger partial charge is 0.193 e. The zero-order valence-electron chi connectivity index (χ0n) is 18.3. The molecule has 0 saturated heterocycles.